The predicted molar refractivity (Wildman–Crippen MR) is 90.5 cm³/mol. The third kappa shape index (κ3) is 3.47. The van der Waals surface area contributed by atoms with Gasteiger partial charge in [-0.25, -0.2) is 0 Å². The summed E-state index contributed by atoms with van der Waals surface area (Å²) < 4.78 is 0. The first-order valence-electron chi connectivity index (χ1n) is 9.57. The molecule has 2 nitrogen and oxygen atoms in total. The van der Waals surface area contributed by atoms with Crippen LogP contribution >= 0.6 is 0 Å². The fourth-order valence-electron chi connectivity index (χ4n) is 4.60. The lowest BCUT2D eigenvalue weighted by atomic mass is 9.85. The van der Waals surface area contributed by atoms with Crippen LogP contribution in [0.4, 0.5) is 0 Å². The predicted octanol–water partition coefficient (Wildman–Crippen LogP) is 3.91. The standard InChI is InChI=1S/C19H36N2/c1-5-19(6-2)13-21(18(11-20-19)14(3)4)12-17(15-7-8-15)16-9-10-16/h14-18,20H,5-13H2,1-4H3. The van der Waals surface area contributed by atoms with Gasteiger partial charge in [0.25, 0.3) is 0 Å². The molecule has 0 aromatic rings. The van der Waals surface area contributed by atoms with Gasteiger partial charge in [-0.1, -0.05) is 27.7 Å². The molecule has 21 heavy (non-hydrogen) atoms. The molecule has 3 aliphatic rings. The molecule has 0 amide bonds. The van der Waals surface area contributed by atoms with Crippen molar-refractivity contribution in [3.63, 3.8) is 0 Å². The minimum atomic E-state index is 0.378. The van der Waals surface area contributed by atoms with E-state index in [0.29, 0.717) is 5.54 Å². The highest BCUT2D eigenvalue weighted by atomic mass is 15.3. The van der Waals surface area contributed by atoms with Crippen LogP contribution in [0.15, 0.2) is 0 Å². The summed E-state index contributed by atoms with van der Waals surface area (Å²) in [4.78, 5) is 2.90. The number of hydrogen-bond acceptors (Lipinski definition) is 2. The molecular weight excluding hydrogens is 256 g/mol. The summed E-state index contributed by atoms with van der Waals surface area (Å²) in [5, 5.41) is 3.91. The molecule has 122 valence electrons. The van der Waals surface area contributed by atoms with E-state index in [0.717, 1.165) is 29.7 Å². The van der Waals surface area contributed by atoms with Crippen molar-refractivity contribution in [3.8, 4) is 0 Å². The quantitative estimate of drug-likeness (QED) is 0.765. The smallest absolute Gasteiger partial charge is 0.0304 e. The van der Waals surface area contributed by atoms with Crippen LogP contribution in [-0.4, -0.2) is 36.1 Å². The van der Waals surface area contributed by atoms with Gasteiger partial charge in [0.05, 0.1) is 0 Å². The summed E-state index contributed by atoms with van der Waals surface area (Å²) in [6, 6.07) is 0.747. The average Bonchev–Trinajstić information content (AvgIpc) is 3.37. The molecule has 3 fully saturated rings. The number of hydrogen-bond donors (Lipinski definition) is 1. The zero-order valence-corrected chi connectivity index (χ0v) is 14.7. The topological polar surface area (TPSA) is 15.3 Å². The Kier molecular flexibility index (Phi) is 4.66. The number of rotatable bonds is 7. The van der Waals surface area contributed by atoms with Gasteiger partial charge in [0.15, 0.2) is 0 Å². The number of nitrogens with one attached hydrogen (secondary N) is 1. The van der Waals surface area contributed by atoms with E-state index in [9.17, 15) is 0 Å². The highest BCUT2D eigenvalue weighted by Crippen LogP contribution is 2.50. The van der Waals surface area contributed by atoms with Crippen molar-refractivity contribution >= 4 is 0 Å². The minimum absolute atomic E-state index is 0.378. The molecule has 0 radical (unpaired) electrons. The van der Waals surface area contributed by atoms with Crippen molar-refractivity contribution in [2.75, 3.05) is 19.6 Å². The van der Waals surface area contributed by atoms with Crippen molar-refractivity contribution in [1.82, 2.24) is 10.2 Å². The van der Waals surface area contributed by atoms with E-state index in [-0.39, 0.29) is 0 Å². The van der Waals surface area contributed by atoms with Crippen LogP contribution in [0, 0.1) is 23.7 Å². The maximum Gasteiger partial charge on any atom is 0.0304 e. The maximum atomic E-state index is 3.91. The largest absolute Gasteiger partial charge is 0.308 e. The molecule has 1 atom stereocenters. The van der Waals surface area contributed by atoms with Crippen LogP contribution in [0.2, 0.25) is 0 Å². The SMILES string of the molecule is CCC1(CC)CN(CC(C2CC2)C2CC2)C(C(C)C)CN1. The average molecular weight is 293 g/mol. The van der Waals surface area contributed by atoms with Crippen molar-refractivity contribution in [3.05, 3.63) is 0 Å². The lowest BCUT2D eigenvalue weighted by Crippen LogP contribution is -2.65. The molecule has 1 saturated heterocycles. The van der Waals surface area contributed by atoms with E-state index in [1.54, 1.807) is 0 Å². The Bertz CT molecular complexity index is 327. The van der Waals surface area contributed by atoms with Crippen LogP contribution in [-0.2, 0) is 0 Å². The van der Waals surface area contributed by atoms with Crippen molar-refractivity contribution < 1.29 is 0 Å². The van der Waals surface area contributed by atoms with Crippen LogP contribution in [0.5, 0.6) is 0 Å². The molecule has 0 spiro atoms. The fraction of sp³-hybridized carbons (Fsp3) is 1.00. The van der Waals surface area contributed by atoms with Gasteiger partial charge in [0.1, 0.15) is 0 Å². The highest BCUT2D eigenvalue weighted by molar-refractivity contribution is 5.00. The van der Waals surface area contributed by atoms with Gasteiger partial charge < -0.3 is 5.32 Å². The van der Waals surface area contributed by atoms with E-state index in [4.69, 9.17) is 0 Å². The third-order valence-corrected chi connectivity index (χ3v) is 6.68. The van der Waals surface area contributed by atoms with E-state index in [2.05, 4.69) is 37.9 Å². The monoisotopic (exact) mass is 292 g/mol. The van der Waals surface area contributed by atoms with Gasteiger partial charge in [-0.15, -0.1) is 0 Å². The molecule has 3 rings (SSSR count). The number of piperazine rings is 1. The Hall–Kier alpha value is -0.0800. The summed E-state index contributed by atoms with van der Waals surface area (Å²) in [5.41, 5.74) is 0.378. The van der Waals surface area contributed by atoms with Gasteiger partial charge in [-0.3, -0.25) is 4.90 Å². The Balaban J connectivity index is 1.70. The first-order valence-corrected chi connectivity index (χ1v) is 9.57. The Morgan fingerprint density at radius 2 is 1.62 bits per heavy atom. The second-order valence-corrected chi connectivity index (χ2v) is 8.45. The van der Waals surface area contributed by atoms with E-state index < -0.39 is 0 Å². The van der Waals surface area contributed by atoms with Gasteiger partial charge in [-0.05, 0) is 62.2 Å². The lowest BCUT2D eigenvalue weighted by molar-refractivity contribution is 0.0325. The maximum absolute atomic E-state index is 3.91. The third-order valence-electron chi connectivity index (χ3n) is 6.68. The molecule has 1 heterocycles. The highest BCUT2D eigenvalue weighted by Gasteiger charge is 2.45. The molecule has 2 aliphatic carbocycles. The van der Waals surface area contributed by atoms with Crippen LogP contribution in [0.1, 0.15) is 66.2 Å². The van der Waals surface area contributed by atoms with E-state index in [1.165, 1.54) is 58.2 Å². The first-order chi connectivity index (χ1) is 10.1. The summed E-state index contributed by atoms with van der Waals surface area (Å²) >= 11 is 0. The summed E-state index contributed by atoms with van der Waals surface area (Å²) in [6.07, 6.45) is 8.61. The second-order valence-electron chi connectivity index (χ2n) is 8.45. The second kappa shape index (κ2) is 6.20. The summed E-state index contributed by atoms with van der Waals surface area (Å²) in [6.45, 7) is 13.4. The molecule has 0 aromatic carbocycles. The normalized spacial score (nSPS) is 30.3. The molecule has 1 aliphatic heterocycles. The van der Waals surface area contributed by atoms with Crippen molar-refractivity contribution in [2.45, 2.75) is 77.8 Å². The van der Waals surface area contributed by atoms with Gasteiger partial charge in [0.2, 0.25) is 0 Å². The van der Waals surface area contributed by atoms with E-state index >= 15 is 0 Å². The lowest BCUT2D eigenvalue weighted by Gasteiger charge is -2.50. The minimum Gasteiger partial charge on any atom is -0.308 e. The van der Waals surface area contributed by atoms with Gasteiger partial charge in [0, 0.05) is 31.2 Å². The van der Waals surface area contributed by atoms with Gasteiger partial charge in [-0.2, -0.15) is 0 Å². The van der Waals surface area contributed by atoms with Gasteiger partial charge >= 0.3 is 0 Å². The number of nitrogens with zero attached hydrogens (tertiary/aromatic N) is 1. The molecule has 2 saturated carbocycles. The summed E-state index contributed by atoms with van der Waals surface area (Å²) in [5.74, 6) is 3.95. The van der Waals surface area contributed by atoms with Crippen LogP contribution in [0.3, 0.4) is 0 Å². The molecule has 0 aromatic heterocycles. The zero-order chi connectivity index (χ0) is 15.0. The van der Waals surface area contributed by atoms with Crippen LogP contribution < -0.4 is 5.32 Å². The van der Waals surface area contributed by atoms with E-state index in [1.807, 2.05) is 0 Å². The molecule has 2 heteroatoms. The van der Waals surface area contributed by atoms with Crippen LogP contribution in [0.25, 0.3) is 0 Å². The Morgan fingerprint density at radius 1 is 1.05 bits per heavy atom. The van der Waals surface area contributed by atoms with Crippen molar-refractivity contribution in [2.24, 2.45) is 23.7 Å². The van der Waals surface area contributed by atoms with Crippen molar-refractivity contribution in [1.29, 1.82) is 0 Å². The summed E-state index contributed by atoms with van der Waals surface area (Å²) in [7, 11) is 0. The Labute approximate surface area is 132 Å². The fourth-order valence-corrected chi connectivity index (χ4v) is 4.60. The molecule has 1 unspecified atom stereocenters. The first kappa shape index (κ1) is 15.8. The molecular formula is C19H36N2. The molecule has 0 bridgehead atoms. The zero-order valence-electron chi connectivity index (χ0n) is 14.7. The molecule has 1 N–H and O–H groups in total. The Morgan fingerprint density at radius 3 is 2.05 bits per heavy atom.